The summed E-state index contributed by atoms with van der Waals surface area (Å²) in [4.78, 5) is 24.6. The van der Waals surface area contributed by atoms with Crippen LogP contribution in [0.2, 0.25) is 0 Å². The van der Waals surface area contributed by atoms with Crippen molar-refractivity contribution in [2.45, 2.75) is 39.4 Å². The number of aromatic hydroxyl groups is 1. The third kappa shape index (κ3) is 7.12. The number of hydrogen-bond donors (Lipinski definition) is 2. The van der Waals surface area contributed by atoms with Gasteiger partial charge in [0, 0.05) is 0 Å². The summed E-state index contributed by atoms with van der Waals surface area (Å²) >= 11 is 0. The van der Waals surface area contributed by atoms with Crippen LogP contribution in [0.5, 0.6) is 11.5 Å². The lowest BCUT2D eigenvalue weighted by atomic mass is 9.98. The number of rotatable bonds is 8. The van der Waals surface area contributed by atoms with E-state index in [1.807, 2.05) is 30.3 Å². The Bertz CT molecular complexity index is 829. The van der Waals surface area contributed by atoms with Crippen molar-refractivity contribution in [1.29, 1.82) is 0 Å². The van der Waals surface area contributed by atoms with Crippen LogP contribution in [0.4, 0.5) is 0 Å². The molecule has 156 valence electrons. The smallest absolute Gasteiger partial charge is 0.321 e. The van der Waals surface area contributed by atoms with E-state index >= 15 is 0 Å². The number of phenolic OH excluding ortho intramolecular Hbond substituents is 1. The Hall–Kier alpha value is -3.06. The fourth-order valence-corrected chi connectivity index (χ4v) is 2.60. The second-order valence-electron chi connectivity index (χ2n) is 7.50. The largest absolute Gasteiger partial charge is 0.504 e. The number of ether oxygens (including phenoxy) is 3. The average Bonchev–Trinajstić information content (AvgIpc) is 2.65. The van der Waals surface area contributed by atoms with Gasteiger partial charge >= 0.3 is 11.9 Å². The third-order valence-corrected chi connectivity index (χ3v) is 3.90. The van der Waals surface area contributed by atoms with E-state index in [2.05, 4.69) is 0 Å². The van der Waals surface area contributed by atoms with Gasteiger partial charge in [0.15, 0.2) is 17.4 Å². The average molecular weight is 401 g/mol. The summed E-state index contributed by atoms with van der Waals surface area (Å²) in [5.41, 5.74) is 6.03. The number of benzene rings is 2. The Balaban J connectivity index is 2.11. The molecule has 0 aliphatic carbocycles. The Labute approximate surface area is 170 Å². The monoisotopic (exact) mass is 401 g/mol. The lowest BCUT2D eigenvalue weighted by Gasteiger charge is -2.23. The number of esters is 2. The van der Waals surface area contributed by atoms with Gasteiger partial charge in [-0.25, -0.2) is 0 Å². The Morgan fingerprint density at radius 1 is 1.03 bits per heavy atom. The predicted octanol–water partition coefficient (Wildman–Crippen LogP) is 2.93. The standard InChI is InChI=1S/C22H27NO6/c1-22(2,3)29-21(26)17(20(25)28-14-23)11-16-9-10-19(18(24)12-16)27-13-15-7-5-4-6-8-15/h4-10,12,17,24H,11,13-14,23H2,1-3H3. The van der Waals surface area contributed by atoms with E-state index in [0.29, 0.717) is 17.9 Å². The molecule has 1 atom stereocenters. The number of carbonyl (C=O) groups excluding carboxylic acids is 2. The minimum atomic E-state index is -1.19. The molecule has 0 heterocycles. The van der Waals surface area contributed by atoms with Crippen LogP contribution in [0.1, 0.15) is 31.9 Å². The molecule has 7 heteroatoms. The van der Waals surface area contributed by atoms with Gasteiger partial charge in [0.05, 0.1) is 0 Å². The highest BCUT2D eigenvalue weighted by atomic mass is 16.6. The van der Waals surface area contributed by atoms with Crippen LogP contribution in [0, 0.1) is 5.92 Å². The van der Waals surface area contributed by atoms with Crippen LogP contribution in [0.15, 0.2) is 48.5 Å². The van der Waals surface area contributed by atoms with Crippen LogP contribution in [0.3, 0.4) is 0 Å². The van der Waals surface area contributed by atoms with E-state index in [4.69, 9.17) is 19.9 Å². The molecule has 3 N–H and O–H groups in total. The van der Waals surface area contributed by atoms with Crippen molar-refractivity contribution in [3.63, 3.8) is 0 Å². The first-order valence-corrected chi connectivity index (χ1v) is 9.28. The lowest BCUT2D eigenvalue weighted by Crippen LogP contribution is -2.35. The minimum absolute atomic E-state index is 0.000270. The SMILES string of the molecule is CC(C)(C)OC(=O)C(Cc1ccc(OCc2ccccc2)c(O)c1)C(=O)OCN. The fourth-order valence-electron chi connectivity index (χ4n) is 2.60. The highest BCUT2D eigenvalue weighted by molar-refractivity contribution is 5.95. The molecule has 7 nitrogen and oxygen atoms in total. The Kier molecular flexibility index (Phi) is 7.61. The molecular weight excluding hydrogens is 374 g/mol. The Morgan fingerprint density at radius 2 is 1.72 bits per heavy atom. The van der Waals surface area contributed by atoms with Gasteiger partial charge in [-0.05, 0) is 50.5 Å². The molecule has 0 bridgehead atoms. The first kappa shape index (κ1) is 22.2. The molecule has 0 aliphatic heterocycles. The summed E-state index contributed by atoms with van der Waals surface area (Å²) < 4.78 is 15.7. The maximum atomic E-state index is 12.4. The highest BCUT2D eigenvalue weighted by Crippen LogP contribution is 2.29. The van der Waals surface area contributed by atoms with Gasteiger partial charge in [-0.2, -0.15) is 0 Å². The van der Waals surface area contributed by atoms with Gasteiger partial charge in [0.2, 0.25) is 0 Å². The normalized spacial score (nSPS) is 12.1. The third-order valence-electron chi connectivity index (χ3n) is 3.90. The van der Waals surface area contributed by atoms with Crippen molar-refractivity contribution < 1.29 is 28.9 Å². The van der Waals surface area contributed by atoms with Crippen LogP contribution in [-0.4, -0.2) is 29.4 Å². The number of nitrogens with two attached hydrogens (primary N) is 1. The van der Waals surface area contributed by atoms with Crippen LogP contribution >= 0.6 is 0 Å². The summed E-state index contributed by atoms with van der Waals surface area (Å²) in [5.74, 6) is -2.46. The molecule has 0 amide bonds. The summed E-state index contributed by atoms with van der Waals surface area (Å²) in [7, 11) is 0. The molecule has 0 spiro atoms. The zero-order valence-corrected chi connectivity index (χ0v) is 16.9. The van der Waals surface area contributed by atoms with Crippen molar-refractivity contribution >= 4 is 11.9 Å². The lowest BCUT2D eigenvalue weighted by molar-refractivity contribution is -0.169. The molecule has 0 fully saturated rings. The van der Waals surface area contributed by atoms with E-state index in [9.17, 15) is 14.7 Å². The first-order valence-electron chi connectivity index (χ1n) is 9.28. The molecule has 2 aromatic carbocycles. The summed E-state index contributed by atoms with van der Waals surface area (Å²) in [5, 5.41) is 10.3. The topological polar surface area (TPSA) is 108 Å². The zero-order chi connectivity index (χ0) is 21.4. The van der Waals surface area contributed by atoms with Crippen molar-refractivity contribution in [2.75, 3.05) is 6.73 Å². The number of hydrogen-bond acceptors (Lipinski definition) is 7. The van der Waals surface area contributed by atoms with Gasteiger partial charge in [0.25, 0.3) is 0 Å². The molecule has 0 saturated heterocycles. The van der Waals surface area contributed by atoms with Gasteiger partial charge < -0.3 is 19.3 Å². The maximum absolute atomic E-state index is 12.4. The van der Waals surface area contributed by atoms with Crippen LogP contribution in [0.25, 0.3) is 0 Å². The molecule has 0 radical (unpaired) electrons. The molecule has 29 heavy (non-hydrogen) atoms. The van der Waals surface area contributed by atoms with Crippen molar-refractivity contribution in [3.05, 3.63) is 59.7 Å². The van der Waals surface area contributed by atoms with E-state index in [-0.39, 0.29) is 18.9 Å². The molecule has 1 unspecified atom stereocenters. The number of carbonyl (C=O) groups is 2. The minimum Gasteiger partial charge on any atom is -0.504 e. The summed E-state index contributed by atoms with van der Waals surface area (Å²) in [6, 6.07) is 14.3. The Morgan fingerprint density at radius 3 is 2.31 bits per heavy atom. The van der Waals surface area contributed by atoms with Gasteiger partial charge in [-0.3, -0.25) is 15.3 Å². The molecular formula is C22H27NO6. The number of phenols is 1. The second kappa shape index (κ2) is 9.93. The molecule has 0 aliphatic rings. The van der Waals surface area contributed by atoms with Gasteiger partial charge in [0.1, 0.15) is 18.9 Å². The van der Waals surface area contributed by atoms with E-state index in [1.54, 1.807) is 32.9 Å². The van der Waals surface area contributed by atoms with E-state index < -0.39 is 23.5 Å². The summed E-state index contributed by atoms with van der Waals surface area (Å²) in [6.45, 7) is 5.09. The summed E-state index contributed by atoms with van der Waals surface area (Å²) in [6.07, 6.45) is 0.000270. The molecule has 2 aromatic rings. The van der Waals surface area contributed by atoms with Crippen molar-refractivity contribution in [1.82, 2.24) is 0 Å². The van der Waals surface area contributed by atoms with E-state index in [1.165, 1.54) is 6.07 Å². The molecule has 2 rings (SSSR count). The highest BCUT2D eigenvalue weighted by Gasteiger charge is 2.33. The zero-order valence-electron chi connectivity index (χ0n) is 16.9. The fraction of sp³-hybridized carbons (Fsp3) is 0.364. The van der Waals surface area contributed by atoms with Crippen molar-refractivity contribution in [3.8, 4) is 11.5 Å². The quantitative estimate of drug-likeness (QED) is 0.398. The van der Waals surface area contributed by atoms with Crippen molar-refractivity contribution in [2.24, 2.45) is 11.7 Å². The van der Waals surface area contributed by atoms with E-state index in [0.717, 1.165) is 5.56 Å². The first-order chi connectivity index (χ1) is 13.7. The second-order valence-corrected chi connectivity index (χ2v) is 7.50. The van der Waals surface area contributed by atoms with Crippen LogP contribution in [-0.2, 0) is 32.1 Å². The molecule has 0 saturated carbocycles. The predicted molar refractivity (Wildman–Crippen MR) is 107 cm³/mol. The van der Waals surface area contributed by atoms with Gasteiger partial charge in [-0.1, -0.05) is 36.4 Å². The molecule has 0 aromatic heterocycles. The maximum Gasteiger partial charge on any atom is 0.321 e. The van der Waals surface area contributed by atoms with Gasteiger partial charge in [-0.15, -0.1) is 0 Å². The van der Waals surface area contributed by atoms with Crippen LogP contribution < -0.4 is 10.5 Å².